The van der Waals surface area contributed by atoms with E-state index in [-0.39, 0.29) is 16.9 Å². The van der Waals surface area contributed by atoms with Crippen LogP contribution in [0.25, 0.3) is 0 Å². The van der Waals surface area contributed by atoms with Gasteiger partial charge in [-0.15, -0.1) is 0 Å². The Labute approximate surface area is 93.7 Å². The summed E-state index contributed by atoms with van der Waals surface area (Å²) >= 11 is 0. The van der Waals surface area contributed by atoms with Crippen LogP contribution in [0.1, 0.15) is 26.7 Å². The molecule has 5 heteroatoms. The van der Waals surface area contributed by atoms with E-state index in [0.29, 0.717) is 13.0 Å². The third kappa shape index (κ3) is 5.53. The molecule has 0 N–H and O–H groups in total. The third-order valence-corrected chi connectivity index (χ3v) is 4.04. The van der Waals surface area contributed by atoms with E-state index in [1.807, 2.05) is 19.9 Å². The first-order valence-electron chi connectivity index (χ1n) is 5.01. The van der Waals surface area contributed by atoms with Crippen LogP contribution in [0.3, 0.4) is 0 Å². The highest BCUT2D eigenvalue weighted by Crippen LogP contribution is 2.02. The van der Waals surface area contributed by atoms with E-state index in [1.165, 1.54) is 4.90 Å². The molecule has 86 valence electrons. The van der Waals surface area contributed by atoms with Gasteiger partial charge in [0.25, 0.3) is 0 Å². The monoisotopic (exact) mass is 230 g/mol. The van der Waals surface area contributed by atoms with Crippen LogP contribution in [0.5, 0.6) is 0 Å². The molecular weight excluding hydrogens is 212 g/mol. The lowest BCUT2D eigenvalue weighted by Gasteiger charge is -2.16. The summed E-state index contributed by atoms with van der Waals surface area (Å²) in [6.45, 7) is 4.23. The molecule has 0 aromatic carbocycles. The van der Waals surface area contributed by atoms with Gasteiger partial charge in [-0.25, -0.2) is 0 Å². The van der Waals surface area contributed by atoms with E-state index in [4.69, 9.17) is 5.26 Å². The molecule has 0 spiro atoms. The van der Waals surface area contributed by atoms with Gasteiger partial charge in [0, 0.05) is 29.6 Å². The predicted octanol–water partition coefficient (Wildman–Crippen LogP) is 0.906. The fourth-order valence-electron chi connectivity index (χ4n) is 0.902. The second-order valence-electron chi connectivity index (χ2n) is 3.47. The molecule has 2 unspecified atom stereocenters. The van der Waals surface area contributed by atoms with Crippen molar-refractivity contribution in [1.82, 2.24) is 4.90 Å². The largest absolute Gasteiger partial charge is 0.344 e. The average molecular weight is 230 g/mol. The van der Waals surface area contributed by atoms with Crippen LogP contribution in [0.2, 0.25) is 0 Å². The van der Waals surface area contributed by atoms with Crippen molar-refractivity contribution >= 4 is 16.7 Å². The molecule has 0 aliphatic rings. The standard InChI is InChI=1S/C10H18N2O2S/c1-4-9(2)15(14)8-10(13)12(3)7-5-6-11/h9H,4-5,7-8H2,1-3H3. The molecule has 0 saturated heterocycles. The lowest BCUT2D eigenvalue weighted by Crippen LogP contribution is -2.33. The molecule has 0 rings (SSSR count). The van der Waals surface area contributed by atoms with Crippen LogP contribution in [0, 0.1) is 11.3 Å². The van der Waals surface area contributed by atoms with Gasteiger partial charge in [0.15, 0.2) is 0 Å². The van der Waals surface area contributed by atoms with Gasteiger partial charge in [-0.1, -0.05) is 13.8 Å². The van der Waals surface area contributed by atoms with Crippen molar-refractivity contribution in [3.8, 4) is 6.07 Å². The van der Waals surface area contributed by atoms with E-state index < -0.39 is 10.8 Å². The molecule has 15 heavy (non-hydrogen) atoms. The van der Waals surface area contributed by atoms with E-state index >= 15 is 0 Å². The molecule has 0 saturated carbocycles. The number of carbonyl (C=O) groups excluding carboxylic acids is 1. The van der Waals surface area contributed by atoms with Crippen LogP contribution in [-0.2, 0) is 15.6 Å². The molecule has 0 aromatic heterocycles. The molecule has 0 aliphatic heterocycles. The second kappa shape index (κ2) is 7.41. The zero-order chi connectivity index (χ0) is 11.8. The molecule has 1 amide bonds. The van der Waals surface area contributed by atoms with Crippen molar-refractivity contribution in [3.05, 3.63) is 0 Å². The summed E-state index contributed by atoms with van der Waals surface area (Å²) < 4.78 is 11.6. The maximum Gasteiger partial charge on any atom is 0.234 e. The van der Waals surface area contributed by atoms with Crippen LogP contribution in [-0.4, -0.2) is 39.6 Å². The van der Waals surface area contributed by atoms with Gasteiger partial charge in [-0.2, -0.15) is 5.26 Å². The number of hydrogen-bond acceptors (Lipinski definition) is 3. The Hall–Kier alpha value is -0.890. The molecule has 4 nitrogen and oxygen atoms in total. The smallest absolute Gasteiger partial charge is 0.234 e. The lowest BCUT2D eigenvalue weighted by molar-refractivity contribution is -0.127. The first kappa shape index (κ1) is 14.1. The van der Waals surface area contributed by atoms with Crippen LogP contribution >= 0.6 is 0 Å². The van der Waals surface area contributed by atoms with E-state index in [1.54, 1.807) is 7.05 Å². The van der Waals surface area contributed by atoms with Gasteiger partial charge in [0.1, 0.15) is 5.75 Å². The number of rotatable bonds is 6. The van der Waals surface area contributed by atoms with Crippen molar-refractivity contribution in [2.75, 3.05) is 19.3 Å². The summed E-state index contributed by atoms with van der Waals surface area (Å²) in [7, 11) is 0.537. The fraction of sp³-hybridized carbons (Fsp3) is 0.800. The molecule has 0 radical (unpaired) electrons. The van der Waals surface area contributed by atoms with Gasteiger partial charge in [-0.3, -0.25) is 9.00 Å². The third-order valence-electron chi connectivity index (χ3n) is 2.27. The fourth-order valence-corrected chi connectivity index (χ4v) is 2.02. The van der Waals surface area contributed by atoms with Crippen LogP contribution in [0.15, 0.2) is 0 Å². The van der Waals surface area contributed by atoms with Crippen LogP contribution < -0.4 is 0 Å². The normalized spacial score (nSPS) is 14.0. The van der Waals surface area contributed by atoms with E-state index in [2.05, 4.69) is 0 Å². The maximum atomic E-state index is 11.6. The average Bonchev–Trinajstić information content (AvgIpc) is 2.24. The van der Waals surface area contributed by atoms with Gasteiger partial charge < -0.3 is 4.90 Å². The Kier molecular flexibility index (Phi) is 6.97. The highest BCUT2D eigenvalue weighted by molar-refractivity contribution is 7.86. The first-order valence-corrected chi connectivity index (χ1v) is 6.39. The number of hydrogen-bond donors (Lipinski definition) is 0. The van der Waals surface area contributed by atoms with Crippen molar-refractivity contribution in [2.24, 2.45) is 0 Å². The van der Waals surface area contributed by atoms with Crippen LogP contribution in [0.4, 0.5) is 0 Å². The van der Waals surface area contributed by atoms with Crippen molar-refractivity contribution in [2.45, 2.75) is 31.9 Å². The van der Waals surface area contributed by atoms with Gasteiger partial charge in [-0.05, 0) is 6.42 Å². The minimum absolute atomic E-state index is 0.0540. The van der Waals surface area contributed by atoms with Gasteiger partial charge in [0.05, 0.1) is 12.5 Å². The molecule has 2 atom stereocenters. The SMILES string of the molecule is CCC(C)S(=O)CC(=O)N(C)CCC#N. The summed E-state index contributed by atoms with van der Waals surface area (Å²) in [6.07, 6.45) is 1.13. The summed E-state index contributed by atoms with van der Waals surface area (Å²) in [6, 6.07) is 1.97. The Morgan fingerprint density at radius 3 is 2.67 bits per heavy atom. The summed E-state index contributed by atoms with van der Waals surface area (Å²) in [5.74, 6) is -0.0828. The molecule has 0 heterocycles. The summed E-state index contributed by atoms with van der Waals surface area (Å²) in [5.41, 5.74) is 0. The number of nitriles is 1. The number of nitrogens with zero attached hydrogens (tertiary/aromatic N) is 2. The highest BCUT2D eigenvalue weighted by atomic mass is 32.2. The summed E-state index contributed by atoms with van der Waals surface area (Å²) in [5, 5.41) is 8.41. The topological polar surface area (TPSA) is 61.2 Å². The molecular formula is C10H18N2O2S. The quantitative estimate of drug-likeness (QED) is 0.681. The molecule has 0 fully saturated rings. The zero-order valence-electron chi connectivity index (χ0n) is 9.52. The maximum absolute atomic E-state index is 11.6. The predicted molar refractivity (Wildman–Crippen MR) is 60.6 cm³/mol. The number of amides is 1. The molecule has 0 bridgehead atoms. The molecule has 0 aromatic rings. The Bertz CT molecular complexity index is 273. The zero-order valence-corrected chi connectivity index (χ0v) is 10.3. The van der Waals surface area contributed by atoms with Crippen molar-refractivity contribution in [3.63, 3.8) is 0 Å². The van der Waals surface area contributed by atoms with E-state index in [0.717, 1.165) is 6.42 Å². The lowest BCUT2D eigenvalue weighted by atomic mass is 10.4. The van der Waals surface area contributed by atoms with Gasteiger partial charge in [0.2, 0.25) is 5.91 Å². The Balaban J connectivity index is 4.02. The van der Waals surface area contributed by atoms with Crippen molar-refractivity contribution in [1.29, 1.82) is 5.26 Å². The highest BCUT2D eigenvalue weighted by Gasteiger charge is 2.16. The van der Waals surface area contributed by atoms with Crippen molar-refractivity contribution < 1.29 is 9.00 Å². The van der Waals surface area contributed by atoms with E-state index in [9.17, 15) is 9.00 Å². The number of carbonyl (C=O) groups is 1. The van der Waals surface area contributed by atoms with Gasteiger partial charge >= 0.3 is 0 Å². The minimum Gasteiger partial charge on any atom is -0.344 e. The Morgan fingerprint density at radius 1 is 1.60 bits per heavy atom. The Morgan fingerprint density at radius 2 is 2.20 bits per heavy atom. The first-order chi connectivity index (χ1) is 7.02. The minimum atomic E-state index is -1.10. The summed E-state index contributed by atoms with van der Waals surface area (Å²) in [4.78, 5) is 13.0. The second-order valence-corrected chi connectivity index (χ2v) is 5.32. The molecule has 0 aliphatic carbocycles.